The molecule has 0 bridgehead atoms. The SMILES string of the molecule is C.COCCn1ccc(C(=O)N[C@H]2CCCCC/C=C\[C@@H]3C[C@@]3(C(=O)NS(=O)(=O)C3(C)CC3)CC(=O)[C@@H]3C[C@@H](Oc4cc(OC(C)C)nc5c(C)c(OC)ccc45)CN3C2=O)n1.COCCn1ccc(C(=O)[O-])n1.COc1ccc2c(O[C@@H]3C[C@H]4C(=O)C[C@]5(C(=O)NS(=O)(=O)C6(C)CC6)C[C@H]5/C=C\CCCCC[C@H]([NH3+])C(=O)N4C3)cc(OC(C)C)nc2c1C.[Ca+2].[Cl-].[H-].[H-].[Na+]. The molecule has 8 heterocycles. The molecule has 0 unspecified atom stereocenters. The van der Waals surface area contributed by atoms with Gasteiger partial charge in [-0.25, -0.2) is 26.8 Å². The van der Waals surface area contributed by atoms with Gasteiger partial charge in [-0.1, -0.05) is 51.0 Å². The Morgan fingerprint density at radius 2 is 1.02 bits per heavy atom. The minimum Gasteiger partial charge on any atom is -1.00 e. The Labute approximate surface area is 805 Å². The molecule has 0 spiro atoms. The normalized spacial score (nSPS) is 24.7. The van der Waals surface area contributed by atoms with Crippen LogP contribution in [0.25, 0.3) is 21.8 Å². The van der Waals surface area contributed by atoms with Crippen molar-refractivity contribution < 1.29 is 149 Å². The Bertz CT molecular complexity index is 5270. The number of halogens is 1. The first-order valence-electron chi connectivity index (χ1n) is 42.7. The van der Waals surface area contributed by atoms with Gasteiger partial charge < -0.3 is 83.9 Å². The molecule has 0 radical (unpaired) electrons. The van der Waals surface area contributed by atoms with Crippen LogP contribution in [-0.2, 0) is 71.4 Å². The van der Waals surface area contributed by atoms with Crippen molar-refractivity contribution in [3.63, 3.8) is 0 Å². The molecule has 4 aliphatic heterocycles. The maximum absolute atomic E-state index is 14.9. The number of hydrogen-bond donors (Lipinski definition) is 4. The number of amides is 5. The number of methoxy groups -OCH3 is 4. The van der Waals surface area contributed by atoms with Crippen molar-refractivity contribution in [3.8, 4) is 34.8 Å². The number of hydrogen-bond acceptors (Lipinski definition) is 25. The Morgan fingerprint density at radius 3 is 1.42 bits per heavy atom. The topological polar surface area (TPSA) is 433 Å². The van der Waals surface area contributed by atoms with E-state index in [1.807, 2.05) is 90.1 Å². The van der Waals surface area contributed by atoms with Crippen LogP contribution in [0.2, 0.25) is 0 Å². The average Bonchev–Trinajstić information content (AvgIpc) is 1.57. The summed E-state index contributed by atoms with van der Waals surface area (Å²) in [4.78, 5) is 122. The Morgan fingerprint density at radius 1 is 0.598 bits per heavy atom. The standard InChI is InChI=1S/C44H58N6O10S.C37H50N4O8S.C7H10N2O3.CH4.Ca.ClH.Na.2H/c1-27(2)59-38-23-37(31-14-15-36(58-6)28(3)39(31)46-38)60-30-22-34-35(51)25-44(42(54)48-61(55,56)43(4)17-18-43)24-29(44)12-10-8-7-9-11-13-33(41(53)50(34)26-30)45-40(52)32-16-19-49(47-32)20-21-57-5;1-22(2)48-32-18-31(26-13-14-30(47-5)23(3)33(26)39-32)49-25-17-28-29(42)20-37(35(44)40-50(45,46)36(4)15-16-36)19-24(37)11-9-7-6-8-10-12-27(38)34(43)41(28)21-25;1-12-5-4-9-3-2-6(8-9)7(10)11;;;;;;/h10,12,14-16,19,23,27,29-30,33-34H,7-9,11,13,17-18,20-22,24-26H2,1-6H3,(H,45,52)(H,48,54);9,11,13-14,18,22,24-25,27-28H,6-8,10,12,15-17,19-21,38H2,1-5H3,(H,40,44);2-3H,4-5H2,1H3,(H,10,11);1H4;;1H;;;/q;;;;+2;;+1;2*-1/p-1/b12-10-;11-9-;;;;;;;/t29-,30-,33+,34+,44-;24-,25-,27+,28+,37-;;;;;;;/m11......./s1. The van der Waals surface area contributed by atoms with E-state index >= 15 is 0 Å². The Balaban J connectivity index is 0.000000342. The number of carbonyl (C=O) groups excluding carboxylic acids is 8. The fourth-order valence-electron chi connectivity index (χ4n) is 16.6. The molecule has 127 heavy (non-hydrogen) atoms. The van der Waals surface area contributed by atoms with Gasteiger partial charge in [0.25, 0.3) is 11.8 Å². The van der Waals surface area contributed by atoms with Crippen molar-refractivity contribution in [2.45, 2.75) is 262 Å². The number of nitrogens with one attached hydrogen (secondary N) is 3. The number of allylic oxidation sites excluding steroid dienone is 4. The molecule has 8 aliphatic rings. The maximum Gasteiger partial charge on any atom is 2.00 e. The number of aromatic carboxylic acids is 1. The number of nitrogens with zero attached hydrogens (tertiary/aromatic N) is 8. The fourth-order valence-corrected chi connectivity index (χ4v) is 19.3. The number of carboxylic acid groups (broad SMARTS) is 1. The summed E-state index contributed by atoms with van der Waals surface area (Å²) in [6, 6.07) is 10.4. The monoisotopic (exact) mass is 1860 g/mol. The molecule has 14 rings (SSSR count). The molecule has 6 aromatic rings. The van der Waals surface area contributed by atoms with E-state index in [-0.39, 0.29) is 182 Å². The number of quaternary nitrogens is 1. The largest absolute Gasteiger partial charge is 2.00 e. The second-order valence-corrected chi connectivity index (χ2v) is 39.2. The number of aromatic nitrogens is 6. The number of ether oxygens (including phenoxy) is 8. The third-order valence-corrected chi connectivity index (χ3v) is 29.2. The predicted octanol–water partition coefficient (Wildman–Crippen LogP) is 1.98. The first kappa shape index (κ1) is 105. The van der Waals surface area contributed by atoms with Crippen molar-refractivity contribution in [2.75, 3.05) is 54.7 Å². The van der Waals surface area contributed by atoms with Crippen LogP contribution in [0.4, 0.5) is 0 Å². The number of rotatable bonds is 25. The molecule has 6 N–H and O–H groups in total. The van der Waals surface area contributed by atoms with Crippen LogP contribution in [0.3, 0.4) is 0 Å². The number of fused-ring (bicyclic) bond motifs is 6. The number of benzene rings is 2. The zero-order valence-corrected chi connectivity index (χ0v) is 81.1. The summed E-state index contributed by atoms with van der Waals surface area (Å²) >= 11 is 0. The summed E-state index contributed by atoms with van der Waals surface area (Å²) in [5.41, 5.74) is 4.64. The van der Waals surface area contributed by atoms with E-state index in [0.29, 0.717) is 142 Å². The molecule has 2 aromatic carbocycles. The molecular weight excluding hydrogens is 1740 g/mol. The van der Waals surface area contributed by atoms with Crippen molar-refractivity contribution in [1.82, 2.24) is 54.1 Å². The zero-order chi connectivity index (χ0) is 88.7. The van der Waals surface area contributed by atoms with Crippen LogP contribution in [-0.4, -0.2) is 254 Å². The molecule has 2 saturated heterocycles. The second-order valence-electron chi connectivity index (χ2n) is 34.8. The molecular formula is C89H124CaClN12NaO21S2. The molecule has 688 valence electrons. The van der Waals surface area contributed by atoms with Gasteiger partial charge in [0.2, 0.25) is 49.5 Å². The van der Waals surface area contributed by atoms with E-state index in [1.54, 1.807) is 82.5 Å². The van der Waals surface area contributed by atoms with Gasteiger partial charge in [-0.2, -0.15) is 10.2 Å². The minimum atomic E-state index is -3.98. The quantitative estimate of drug-likeness (QED) is 0.0470. The molecule has 33 nitrogen and oxygen atoms in total. The average molecular weight is 1860 g/mol. The molecule has 4 aromatic heterocycles. The maximum atomic E-state index is 14.9. The first-order valence-corrected chi connectivity index (χ1v) is 45.6. The van der Waals surface area contributed by atoms with Crippen molar-refractivity contribution >= 4 is 127 Å². The summed E-state index contributed by atoms with van der Waals surface area (Å²) in [6.45, 7) is 16.7. The summed E-state index contributed by atoms with van der Waals surface area (Å²) in [5, 5.41) is 22.7. The van der Waals surface area contributed by atoms with Crippen LogP contribution in [0, 0.1) is 36.5 Å². The van der Waals surface area contributed by atoms with Crippen LogP contribution >= 0.6 is 0 Å². The van der Waals surface area contributed by atoms with Crippen LogP contribution < -0.4 is 96.0 Å². The molecule has 4 aliphatic carbocycles. The van der Waals surface area contributed by atoms with Crippen LogP contribution in [0.5, 0.6) is 34.8 Å². The van der Waals surface area contributed by atoms with Crippen LogP contribution in [0.1, 0.15) is 212 Å². The fraction of sp³-hybridized carbons (Fsp3) is 0.596. The smallest absolute Gasteiger partial charge is 1.00 e. The molecule has 4 saturated carbocycles. The van der Waals surface area contributed by atoms with Crippen molar-refractivity contribution in [2.24, 2.45) is 22.7 Å². The van der Waals surface area contributed by atoms with Crippen molar-refractivity contribution in [3.05, 3.63) is 108 Å². The summed E-state index contributed by atoms with van der Waals surface area (Å²) < 4.78 is 105. The number of pyridine rings is 2. The van der Waals surface area contributed by atoms with Gasteiger partial charge >= 0.3 is 67.3 Å². The van der Waals surface area contributed by atoms with Gasteiger partial charge in [0.1, 0.15) is 52.6 Å². The van der Waals surface area contributed by atoms with E-state index in [4.69, 9.17) is 47.9 Å². The van der Waals surface area contributed by atoms with Gasteiger partial charge in [0.15, 0.2) is 17.6 Å². The van der Waals surface area contributed by atoms with E-state index in [0.717, 1.165) is 55.0 Å². The number of Topliss-reactive ketones (excluding diaryl/α,β-unsaturated/α-hetero) is 2. The number of carbonyl (C=O) groups is 8. The zero-order valence-electron chi connectivity index (χ0n) is 76.5. The molecule has 5 amide bonds. The van der Waals surface area contributed by atoms with Gasteiger partial charge in [-0.05, 0) is 181 Å². The second kappa shape index (κ2) is 44.6. The van der Waals surface area contributed by atoms with E-state index in [1.165, 1.54) is 15.6 Å². The summed E-state index contributed by atoms with van der Waals surface area (Å²) in [6.07, 6.45) is 19.3. The van der Waals surface area contributed by atoms with E-state index in [2.05, 4.69) is 30.7 Å². The predicted molar refractivity (Wildman–Crippen MR) is 466 cm³/mol. The first-order chi connectivity index (χ1) is 58.5. The number of carboxylic acids is 1. The molecule has 38 heteroatoms. The third-order valence-electron chi connectivity index (χ3n) is 24.9. The van der Waals surface area contributed by atoms with Gasteiger partial charge in [0.05, 0.1) is 115 Å². The Hall–Kier alpha value is -7.55. The Kier molecular flexibility index (Phi) is 36.8. The minimum absolute atomic E-state index is 0. The van der Waals surface area contributed by atoms with Gasteiger partial charge in [0, 0.05) is 92.7 Å². The summed E-state index contributed by atoms with van der Waals surface area (Å²) in [7, 11) is -1.54. The van der Waals surface area contributed by atoms with E-state index in [9.17, 15) is 60.3 Å². The number of aryl methyl sites for hydroxylation is 2. The summed E-state index contributed by atoms with van der Waals surface area (Å²) in [5.74, 6) is -2.10. The van der Waals surface area contributed by atoms with Gasteiger partial charge in [-0.15, -0.1) is 0 Å². The number of sulfonamides is 2. The molecule has 6 fully saturated rings. The third kappa shape index (κ3) is 24.8. The number of ketones is 2. The van der Waals surface area contributed by atoms with Crippen molar-refractivity contribution in [1.29, 1.82) is 0 Å². The molecule has 10 atom stereocenters. The van der Waals surface area contributed by atoms with Crippen LogP contribution in [0.15, 0.2) is 85.2 Å². The van der Waals surface area contributed by atoms with Gasteiger partial charge in [-0.3, -0.25) is 52.4 Å². The van der Waals surface area contributed by atoms with E-state index < -0.39 is 106 Å².